The molecule has 11 nitrogen and oxygen atoms in total. The van der Waals surface area contributed by atoms with Gasteiger partial charge in [-0.15, -0.1) is 21.5 Å². The first-order valence-electron chi connectivity index (χ1n) is 13.5. The van der Waals surface area contributed by atoms with Gasteiger partial charge in [-0.05, 0) is 44.1 Å². The zero-order chi connectivity index (χ0) is 31.7. The minimum Gasteiger partial charge on any atom is -0.494 e. The van der Waals surface area contributed by atoms with Crippen molar-refractivity contribution in [3.63, 3.8) is 0 Å². The zero-order valence-corrected chi connectivity index (χ0v) is 28.4. The van der Waals surface area contributed by atoms with Gasteiger partial charge in [0.15, 0.2) is 46.5 Å². The van der Waals surface area contributed by atoms with E-state index in [1.54, 1.807) is 29.7 Å². The normalized spacial score (nSPS) is 14.0. The number of halogens is 1. The van der Waals surface area contributed by atoms with E-state index in [-0.39, 0.29) is 16.7 Å². The van der Waals surface area contributed by atoms with Crippen LogP contribution in [0.1, 0.15) is 51.1 Å². The molecule has 4 aromatic rings. The van der Waals surface area contributed by atoms with E-state index in [9.17, 15) is 12.8 Å². The molecule has 0 aliphatic rings. The number of benzene rings is 1. The van der Waals surface area contributed by atoms with E-state index in [1.165, 1.54) is 25.6 Å². The Kier molecular flexibility index (Phi) is 9.40. The van der Waals surface area contributed by atoms with E-state index in [2.05, 4.69) is 25.1 Å². The van der Waals surface area contributed by atoms with Gasteiger partial charge in [-0.1, -0.05) is 26.8 Å². The van der Waals surface area contributed by atoms with Gasteiger partial charge in [0, 0.05) is 11.1 Å². The van der Waals surface area contributed by atoms with Crippen molar-refractivity contribution in [1.82, 2.24) is 29.7 Å². The average Bonchev–Trinajstić information content (AvgIpc) is 3.56. The summed E-state index contributed by atoms with van der Waals surface area (Å²) in [5, 5.41) is 9.76. The van der Waals surface area contributed by atoms with Crippen molar-refractivity contribution < 1.29 is 26.7 Å². The Morgan fingerprint density at radius 3 is 2.19 bits per heavy atom. The first-order chi connectivity index (χ1) is 20.1. The average molecular weight is 649 g/mol. The Hall–Kier alpha value is -3.27. The minimum atomic E-state index is -4.02. The summed E-state index contributed by atoms with van der Waals surface area (Å²) >= 11 is 1.36. The first-order valence-corrected chi connectivity index (χ1v) is 19.0. The third kappa shape index (κ3) is 6.79. The Morgan fingerprint density at radius 1 is 1.07 bits per heavy atom. The van der Waals surface area contributed by atoms with Gasteiger partial charge in [-0.3, -0.25) is 4.57 Å². The number of hydrogen-bond donors (Lipinski definition) is 0. The van der Waals surface area contributed by atoms with E-state index >= 15 is 0 Å². The molecule has 3 heterocycles. The molecule has 0 saturated heterocycles. The summed E-state index contributed by atoms with van der Waals surface area (Å²) < 4.78 is 61.7. The SMILES string of the molecule is COc1cccc(OC)c1-n1c(CS(=O)(=O)[C@@H](C)[C@@H](O[Si](C)(C)C(C)(C)C)c2ncc(F)cn2)nnc1-c1nc(C)cs1. The highest BCUT2D eigenvalue weighted by Gasteiger charge is 2.44. The van der Waals surface area contributed by atoms with Crippen LogP contribution in [0.15, 0.2) is 36.0 Å². The van der Waals surface area contributed by atoms with Gasteiger partial charge in [0.25, 0.3) is 0 Å². The highest BCUT2D eigenvalue weighted by molar-refractivity contribution is 7.91. The molecule has 0 spiro atoms. The van der Waals surface area contributed by atoms with Crippen molar-refractivity contribution in [3.05, 3.63) is 59.1 Å². The van der Waals surface area contributed by atoms with Crippen molar-refractivity contribution in [2.75, 3.05) is 14.2 Å². The smallest absolute Gasteiger partial charge is 0.197 e. The predicted molar refractivity (Wildman–Crippen MR) is 165 cm³/mol. The number of thiazole rings is 1. The van der Waals surface area contributed by atoms with Gasteiger partial charge < -0.3 is 13.9 Å². The van der Waals surface area contributed by atoms with Gasteiger partial charge in [0.2, 0.25) is 0 Å². The summed E-state index contributed by atoms with van der Waals surface area (Å²) in [4.78, 5) is 12.8. The van der Waals surface area contributed by atoms with Crippen molar-refractivity contribution in [2.45, 2.75) is 69.9 Å². The number of ether oxygens (including phenoxy) is 2. The standard InChI is InChI=1S/C28H37FN6O5S2Si/c1-17-15-41-27(32-17)26-34-33-22(35(26)23-20(38-6)11-10-12-21(23)39-7)16-42(36,37)18(2)24(25-30-13-19(29)14-31-25)40-43(8,9)28(3,4)5/h10-15,18,24H,16H2,1-9H3/t18-,24+/m0/s1. The van der Waals surface area contributed by atoms with Crippen LogP contribution >= 0.6 is 11.3 Å². The summed E-state index contributed by atoms with van der Waals surface area (Å²) in [6.45, 7) is 13.6. The molecule has 1 aromatic carbocycles. The van der Waals surface area contributed by atoms with E-state index < -0.39 is 41.1 Å². The number of methoxy groups -OCH3 is 2. The third-order valence-corrected chi connectivity index (χ3v) is 15.1. The van der Waals surface area contributed by atoms with Crippen LogP contribution in [-0.2, 0) is 20.0 Å². The Morgan fingerprint density at radius 2 is 1.67 bits per heavy atom. The molecule has 3 aromatic heterocycles. The molecule has 0 fully saturated rings. The molecule has 0 N–H and O–H groups in total. The molecule has 0 amide bonds. The lowest BCUT2D eigenvalue weighted by Crippen LogP contribution is -2.45. The maximum absolute atomic E-state index is 14.2. The molecule has 0 radical (unpaired) electrons. The molecular weight excluding hydrogens is 612 g/mol. The molecule has 2 atom stereocenters. The summed E-state index contributed by atoms with van der Waals surface area (Å²) in [6.07, 6.45) is 0.970. The third-order valence-electron chi connectivity index (χ3n) is 7.61. The lowest BCUT2D eigenvalue weighted by Gasteiger charge is -2.40. The number of para-hydroxylation sites is 1. The topological polar surface area (TPSA) is 131 Å². The maximum atomic E-state index is 14.2. The molecule has 43 heavy (non-hydrogen) atoms. The van der Waals surface area contributed by atoms with E-state index in [4.69, 9.17) is 13.9 Å². The largest absolute Gasteiger partial charge is 0.494 e. The molecule has 232 valence electrons. The Balaban J connectivity index is 1.84. The summed E-state index contributed by atoms with van der Waals surface area (Å²) in [7, 11) is -3.53. The molecule has 15 heteroatoms. The molecular formula is C28H37FN6O5S2Si. The quantitative estimate of drug-likeness (QED) is 0.186. The number of sulfone groups is 1. The number of rotatable bonds is 11. The summed E-state index contributed by atoms with van der Waals surface area (Å²) in [5.41, 5.74) is 1.23. The lowest BCUT2D eigenvalue weighted by atomic mass is 10.2. The van der Waals surface area contributed by atoms with Crippen molar-refractivity contribution in [2.24, 2.45) is 0 Å². The van der Waals surface area contributed by atoms with Crippen LogP contribution in [0, 0.1) is 12.7 Å². The molecule has 4 rings (SSSR count). The molecule has 0 saturated carbocycles. The zero-order valence-electron chi connectivity index (χ0n) is 25.7. The lowest BCUT2D eigenvalue weighted by molar-refractivity contribution is 0.171. The first kappa shape index (κ1) is 32.6. The van der Waals surface area contributed by atoms with Crippen molar-refractivity contribution >= 4 is 29.5 Å². The fraction of sp³-hybridized carbons (Fsp3) is 0.464. The maximum Gasteiger partial charge on any atom is 0.197 e. The highest BCUT2D eigenvalue weighted by Crippen LogP contribution is 2.42. The van der Waals surface area contributed by atoms with Crippen LogP contribution in [-0.4, -0.2) is 65.9 Å². The molecule has 0 aliphatic heterocycles. The van der Waals surface area contributed by atoms with E-state index in [0.717, 1.165) is 18.1 Å². The van der Waals surface area contributed by atoms with Gasteiger partial charge >= 0.3 is 0 Å². The van der Waals surface area contributed by atoms with Crippen LogP contribution in [0.4, 0.5) is 4.39 Å². The van der Waals surface area contributed by atoms with Crippen LogP contribution in [0.3, 0.4) is 0 Å². The van der Waals surface area contributed by atoms with E-state index in [1.807, 2.05) is 46.2 Å². The number of nitrogens with zero attached hydrogens (tertiary/aromatic N) is 6. The fourth-order valence-corrected chi connectivity index (χ4v) is 7.64. The summed E-state index contributed by atoms with van der Waals surface area (Å²) in [6, 6.07) is 5.25. The second kappa shape index (κ2) is 12.4. The Bertz CT molecular complexity index is 1660. The fourth-order valence-electron chi connectivity index (χ4n) is 4.11. The molecule has 0 unspecified atom stereocenters. The van der Waals surface area contributed by atoms with Crippen LogP contribution in [0.5, 0.6) is 11.5 Å². The molecule has 0 bridgehead atoms. The Labute approximate surface area is 256 Å². The molecule has 0 aliphatic carbocycles. The van der Waals surface area contributed by atoms with Gasteiger partial charge in [0.1, 0.15) is 29.0 Å². The highest BCUT2D eigenvalue weighted by atomic mass is 32.2. The van der Waals surface area contributed by atoms with E-state index in [0.29, 0.717) is 28.0 Å². The summed E-state index contributed by atoms with van der Waals surface area (Å²) in [5.74, 6) is 0.283. The number of aryl methyl sites for hydroxylation is 1. The second-order valence-electron chi connectivity index (χ2n) is 11.7. The van der Waals surface area contributed by atoms with Crippen molar-refractivity contribution in [3.8, 4) is 28.0 Å². The van der Waals surface area contributed by atoms with Crippen molar-refractivity contribution in [1.29, 1.82) is 0 Å². The number of aromatic nitrogens is 6. The van der Waals surface area contributed by atoms with Crippen LogP contribution < -0.4 is 9.47 Å². The predicted octanol–water partition coefficient (Wildman–Crippen LogP) is 5.71. The van der Waals surface area contributed by atoms with Crippen LogP contribution in [0.25, 0.3) is 16.5 Å². The van der Waals surface area contributed by atoms with Gasteiger partial charge in [-0.2, -0.15) is 0 Å². The minimum absolute atomic E-state index is 0.0918. The van der Waals surface area contributed by atoms with Gasteiger partial charge in [0.05, 0.1) is 31.9 Å². The monoisotopic (exact) mass is 648 g/mol. The number of hydrogen-bond acceptors (Lipinski definition) is 11. The van der Waals surface area contributed by atoms with Crippen LogP contribution in [0.2, 0.25) is 18.1 Å². The second-order valence-corrected chi connectivity index (χ2v) is 19.6. The van der Waals surface area contributed by atoms with Gasteiger partial charge in [-0.25, -0.2) is 27.8 Å².